The van der Waals surface area contributed by atoms with Gasteiger partial charge >= 0.3 is 5.97 Å². The summed E-state index contributed by atoms with van der Waals surface area (Å²) in [5.74, 6) is -0.931. The van der Waals surface area contributed by atoms with E-state index in [9.17, 15) is 18.3 Å². The Morgan fingerprint density at radius 1 is 1.16 bits per heavy atom. The highest BCUT2D eigenvalue weighted by Crippen LogP contribution is 2.31. The molecule has 0 spiro atoms. The van der Waals surface area contributed by atoms with E-state index in [1.54, 1.807) is 12.1 Å². The zero-order chi connectivity index (χ0) is 18.8. The number of carboxylic acid groups (broad SMARTS) is 1. The minimum atomic E-state index is -4.12. The fourth-order valence-corrected chi connectivity index (χ4v) is 4.21. The van der Waals surface area contributed by atoms with Crippen LogP contribution in [0.4, 0.5) is 5.69 Å². The van der Waals surface area contributed by atoms with Gasteiger partial charge in [0.05, 0.1) is 22.7 Å². The quantitative estimate of drug-likeness (QED) is 0.827. The van der Waals surface area contributed by atoms with Crippen LogP contribution in [0.15, 0.2) is 41.3 Å². The zero-order valence-corrected chi connectivity index (χ0v) is 15.6. The van der Waals surface area contributed by atoms with E-state index in [2.05, 4.69) is 0 Å². The van der Waals surface area contributed by atoms with E-state index in [1.165, 1.54) is 25.3 Å². The van der Waals surface area contributed by atoms with Crippen LogP contribution in [0.3, 0.4) is 0 Å². The second-order valence-electron chi connectivity index (χ2n) is 5.55. The Morgan fingerprint density at radius 3 is 2.24 bits per heavy atom. The molecule has 25 heavy (non-hydrogen) atoms. The Morgan fingerprint density at radius 2 is 1.76 bits per heavy atom. The van der Waals surface area contributed by atoms with E-state index in [-0.39, 0.29) is 15.6 Å². The lowest BCUT2D eigenvalue weighted by atomic mass is 10.1. The van der Waals surface area contributed by atoms with Crippen LogP contribution in [0.1, 0.15) is 11.1 Å². The van der Waals surface area contributed by atoms with Gasteiger partial charge < -0.3 is 9.84 Å². The first-order valence-corrected chi connectivity index (χ1v) is 9.13. The van der Waals surface area contributed by atoms with Crippen molar-refractivity contribution in [1.82, 2.24) is 0 Å². The Hall–Kier alpha value is -2.25. The molecule has 0 aromatic heterocycles. The van der Waals surface area contributed by atoms with Crippen LogP contribution in [0.5, 0.6) is 5.75 Å². The summed E-state index contributed by atoms with van der Waals surface area (Å²) in [4.78, 5) is 11.1. The van der Waals surface area contributed by atoms with Crippen LogP contribution < -0.4 is 9.04 Å². The normalized spacial score (nSPS) is 11.2. The highest BCUT2D eigenvalue weighted by molar-refractivity contribution is 7.92. The number of hydrogen-bond donors (Lipinski definition) is 1. The predicted octanol–water partition coefficient (Wildman–Crippen LogP) is 3.25. The maximum Gasteiger partial charge on any atom is 0.324 e. The van der Waals surface area contributed by atoms with E-state index < -0.39 is 22.5 Å². The van der Waals surface area contributed by atoms with Crippen molar-refractivity contribution in [2.45, 2.75) is 18.7 Å². The summed E-state index contributed by atoms with van der Waals surface area (Å²) in [7, 11) is -2.70. The van der Waals surface area contributed by atoms with Gasteiger partial charge in [0.15, 0.2) is 0 Å². The number of carbonyl (C=O) groups is 1. The van der Waals surface area contributed by atoms with Crippen molar-refractivity contribution in [3.8, 4) is 5.75 Å². The highest BCUT2D eigenvalue weighted by atomic mass is 35.5. The van der Waals surface area contributed by atoms with Gasteiger partial charge in [-0.25, -0.2) is 8.42 Å². The fraction of sp³-hybridized carbons (Fsp3) is 0.235. The second-order valence-corrected chi connectivity index (χ2v) is 7.82. The summed E-state index contributed by atoms with van der Waals surface area (Å²) in [5, 5.41) is 9.30. The van der Waals surface area contributed by atoms with Crippen molar-refractivity contribution >= 4 is 33.3 Å². The molecule has 1 N–H and O–H groups in total. The number of carboxylic acids is 1. The Balaban J connectivity index is 2.59. The van der Waals surface area contributed by atoms with Crippen LogP contribution in [-0.2, 0) is 14.8 Å². The summed E-state index contributed by atoms with van der Waals surface area (Å²) in [6, 6.07) is 9.12. The molecular weight excluding hydrogens is 366 g/mol. The Kier molecular flexibility index (Phi) is 5.59. The summed E-state index contributed by atoms with van der Waals surface area (Å²) >= 11 is 6.02. The minimum Gasteiger partial charge on any atom is -0.495 e. The van der Waals surface area contributed by atoms with E-state index in [0.717, 1.165) is 15.4 Å². The molecule has 0 aliphatic heterocycles. The first-order chi connectivity index (χ1) is 11.6. The van der Waals surface area contributed by atoms with E-state index in [4.69, 9.17) is 16.3 Å². The van der Waals surface area contributed by atoms with Crippen molar-refractivity contribution in [1.29, 1.82) is 0 Å². The number of rotatable bonds is 6. The third-order valence-corrected chi connectivity index (χ3v) is 5.55. The summed E-state index contributed by atoms with van der Waals surface area (Å²) in [5.41, 5.74) is 1.94. The van der Waals surface area contributed by atoms with E-state index in [1.807, 2.05) is 19.9 Å². The van der Waals surface area contributed by atoms with Gasteiger partial charge in [0.2, 0.25) is 0 Å². The molecule has 2 aromatic rings. The average Bonchev–Trinajstić information content (AvgIpc) is 2.51. The molecular formula is C17H18ClNO5S. The number of aryl methyl sites for hydroxylation is 2. The monoisotopic (exact) mass is 383 g/mol. The molecule has 0 saturated heterocycles. The standard InChI is InChI=1S/C17H18ClNO5S/c1-11-6-12(2)8-13(7-11)19(10-17(20)21)25(22,23)14-4-5-16(24-3)15(18)9-14/h4-9H,10H2,1-3H3,(H,20,21). The third-order valence-electron chi connectivity index (χ3n) is 3.48. The molecule has 0 atom stereocenters. The van der Waals surface area contributed by atoms with Gasteiger partial charge in [0, 0.05) is 0 Å². The molecule has 2 rings (SSSR count). The smallest absolute Gasteiger partial charge is 0.324 e. The molecule has 0 radical (unpaired) electrons. The van der Waals surface area contributed by atoms with Crippen LogP contribution in [0, 0.1) is 13.8 Å². The van der Waals surface area contributed by atoms with Crippen molar-refractivity contribution in [3.05, 3.63) is 52.5 Å². The molecule has 0 aliphatic rings. The number of halogens is 1. The summed E-state index contributed by atoms with van der Waals surface area (Å²) in [6.07, 6.45) is 0. The summed E-state index contributed by atoms with van der Waals surface area (Å²) in [6.45, 7) is 2.92. The number of aliphatic carboxylic acids is 1. The summed E-state index contributed by atoms with van der Waals surface area (Å²) < 4.78 is 31.9. The number of nitrogens with zero attached hydrogens (tertiary/aromatic N) is 1. The molecule has 0 heterocycles. The number of benzene rings is 2. The lowest BCUT2D eigenvalue weighted by molar-refractivity contribution is -0.135. The lowest BCUT2D eigenvalue weighted by Gasteiger charge is -2.24. The number of hydrogen-bond acceptors (Lipinski definition) is 4. The van der Waals surface area contributed by atoms with Gasteiger partial charge in [-0.15, -0.1) is 0 Å². The molecule has 0 aliphatic carbocycles. The molecule has 0 unspecified atom stereocenters. The van der Waals surface area contributed by atoms with Crippen molar-refractivity contribution in [3.63, 3.8) is 0 Å². The number of methoxy groups -OCH3 is 1. The maximum absolute atomic E-state index is 13.0. The first-order valence-electron chi connectivity index (χ1n) is 7.31. The molecule has 134 valence electrons. The fourth-order valence-electron chi connectivity index (χ4n) is 2.47. The average molecular weight is 384 g/mol. The Labute approximate surface area is 151 Å². The van der Waals surface area contributed by atoms with E-state index >= 15 is 0 Å². The van der Waals surface area contributed by atoms with Gasteiger partial charge in [-0.1, -0.05) is 17.7 Å². The number of anilines is 1. The molecule has 0 amide bonds. The predicted molar refractivity (Wildman–Crippen MR) is 96.1 cm³/mol. The largest absolute Gasteiger partial charge is 0.495 e. The number of sulfonamides is 1. The van der Waals surface area contributed by atoms with Gasteiger partial charge in [-0.3, -0.25) is 9.10 Å². The zero-order valence-electron chi connectivity index (χ0n) is 14.0. The maximum atomic E-state index is 13.0. The van der Waals surface area contributed by atoms with Gasteiger partial charge in [0.25, 0.3) is 10.0 Å². The number of ether oxygens (including phenoxy) is 1. The minimum absolute atomic E-state index is 0.112. The van der Waals surface area contributed by atoms with Gasteiger partial charge in [-0.05, 0) is 55.3 Å². The molecule has 2 aromatic carbocycles. The Bertz CT molecular complexity index is 891. The van der Waals surface area contributed by atoms with Gasteiger partial charge in [0.1, 0.15) is 12.3 Å². The lowest BCUT2D eigenvalue weighted by Crippen LogP contribution is -2.35. The van der Waals surface area contributed by atoms with E-state index in [0.29, 0.717) is 5.75 Å². The molecule has 0 fully saturated rings. The van der Waals surface area contributed by atoms with Crippen molar-refractivity contribution < 1.29 is 23.1 Å². The molecule has 0 bridgehead atoms. The van der Waals surface area contributed by atoms with Crippen LogP contribution in [-0.4, -0.2) is 33.1 Å². The first kappa shape index (κ1) is 19.1. The molecule has 8 heteroatoms. The third kappa shape index (κ3) is 4.24. The van der Waals surface area contributed by atoms with Crippen LogP contribution in [0.25, 0.3) is 0 Å². The van der Waals surface area contributed by atoms with Crippen molar-refractivity contribution in [2.75, 3.05) is 18.0 Å². The SMILES string of the molecule is COc1ccc(S(=O)(=O)N(CC(=O)O)c2cc(C)cc(C)c2)cc1Cl. The van der Waals surface area contributed by atoms with Crippen LogP contribution in [0.2, 0.25) is 5.02 Å². The van der Waals surface area contributed by atoms with Crippen molar-refractivity contribution in [2.24, 2.45) is 0 Å². The van der Waals surface area contributed by atoms with Gasteiger partial charge in [-0.2, -0.15) is 0 Å². The molecule has 6 nitrogen and oxygen atoms in total. The second kappa shape index (κ2) is 7.33. The highest BCUT2D eigenvalue weighted by Gasteiger charge is 2.28. The molecule has 0 saturated carbocycles. The topological polar surface area (TPSA) is 83.9 Å². The van der Waals surface area contributed by atoms with Crippen LogP contribution >= 0.6 is 11.6 Å².